The lowest BCUT2D eigenvalue weighted by atomic mass is 9.80. The van der Waals surface area contributed by atoms with Gasteiger partial charge >= 0.3 is 0 Å². The van der Waals surface area contributed by atoms with Crippen molar-refractivity contribution in [1.82, 2.24) is 0 Å². The topological polar surface area (TPSA) is 26.3 Å². The second kappa shape index (κ2) is 15.3. The van der Waals surface area contributed by atoms with Crippen molar-refractivity contribution in [2.24, 2.45) is 5.92 Å². The largest absolute Gasteiger partial charge is 0.378 e. The fourth-order valence-corrected chi connectivity index (χ4v) is 5.39. The molecule has 1 fully saturated rings. The second-order valence-corrected chi connectivity index (χ2v) is 10.7. The van der Waals surface area contributed by atoms with Crippen molar-refractivity contribution in [3.63, 3.8) is 0 Å². The van der Waals surface area contributed by atoms with E-state index in [-0.39, 0.29) is 7.21 Å². The number of hydrogen-bond acceptors (Lipinski definition) is 2. The normalized spacial score (nSPS) is 19.8. The summed E-state index contributed by atoms with van der Waals surface area (Å²) in [5, 5.41) is 0. The lowest BCUT2D eigenvalue weighted by molar-refractivity contribution is 0.0957. The molecule has 36 heavy (non-hydrogen) atoms. The zero-order valence-corrected chi connectivity index (χ0v) is 22.9. The third-order valence-electron chi connectivity index (χ3n) is 7.91. The molecule has 0 spiro atoms. The van der Waals surface area contributed by atoms with Gasteiger partial charge in [0.05, 0.1) is 12.3 Å². The SMILES string of the molecule is CC[C@@H]1CCCO1.CCc1ccc(C(=O)C[C@H]2CCc3cc(CCCC[C@@H](F)CC)ccc3C2)cc1.[HH]. The molecule has 0 N–H and O–H groups in total. The van der Waals surface area contributed by atoms with Gasteiger partial charge in [0.1, 0.15) is 0 Å². The quantitative estimate of drug-likeness (QED) is 0.229. The summed E-state index contributed by atoms with van der Waals surface area (Å²) in [7, 11) is 0. The summed E-state index contributed by atoms with van der Waals surface area (Å²) >= 11 is 0. The van der Waals surface area contributed by atoms with Crippen LogP contribution in [0.25, 0.3) is 0 Å². The van der Waals surface area contributed by atoms with Gasteiger partial charge in [-0.15, -0.1) is 0 Å². The van der Waals surface area contributed by atoms with Gasteiger partial charge in [-0.25, -0.2) is 4.39 Å². The number of carbonyl (C=O) groups excluding carboxylic acids is 1. The van der Waals surface area contributed by atoms with E-state index in [1.54, 1.807) is 0 Å². The molecular formula is C33H49FO2. The molecule has 1 saturated heterocycles. The van der Waals surface area contributed by atoms with Gasteiger partial charge in [0, 0.05) is 20.0 Å². The van der Waals surface area contributed by atoms with Crippen LogP contribution in [0.5, 0.6) is 0 Å². The van der Waals surface area contributed by atoms with Gasteiger partial charge in [0.2, 0.25) is 0 Å². The number of fused-ring (bicyclic) bond motifs is 1. The standard InChI is InChI=1S/C27H35FO.C6H12O.H2/c1-3-20-9-13-23(14-10-20)27(29)19-22-12-16-24-17-21(11-15-25(24)18-22)7-5-6-8-26(28)4-2;1-2-6-4-3-5-7-6;/h9-11,13-15,17,22,26H,3-8,12,16,18-19H2,1-2H3;6H,2-5H2,1H3;1H/t22-,26-;6-;/m01./s1. The summed E-state index contributed by atoms with van der Waals surface area (Å²) in [6, 6.07) is 15.0. The second-order valence-electron chi connectivity index (χ2n) is 10.7. The van der Waals surface area contributed by atoms with Crippen molar-refractivity contribution in [2.75, 3.05) is 6.61 Å². The first-order chi connectivity index (χ1) is 17.5. The molecule has 0 saturated carbocycles. The highest BCUT2D eigenvalue weighted by atomic mass is 19.1. The van der Waals surface area contributed by atoms with E-state index in [1.165, 1.54) is 41.5 Å². The van der Waals surface area contributed by atoms with Gasteiger partial charge in [0.25, 0.3) is 0 Å². The monoisotopic (exact) mass is 496 g/mol. The number of unbranched alkanes of at least 4 members (excludes halogenated alkanes) is 1. The van der Waals surface area contributed by atoms with E-state index in [4.69, 9.17) is 4.74 Å². The van der Waals surface area contributed by atoms with Gasteiger partial charge < -0.3 is 4.74 Å². The molecule has 2 nitrogen and oxygen atoms in total. The Hall–Kier alpha value is -2.00. The number of ether oxygens (including phenoxy) is 1. The van der Waals surface area contributed by atoms with Crippen molar-refractivity contribution in [3.8, 4) is 0 Å². The van der Waals surface area contributed by atoms with Crippen LogP contribution >= 0.6 is 0 Å². The minimum Gasteiger partial charge on any atom is -0.378 e. The Bertz CT molecular complexity index is 920. The van der Waals surface area contributed by atoms with E-state index in [9.17, 15) is 9.18 Å². The molecule has 0 radical (unpaired) electrons. The first-order valence-corrected chi connectivity index (χ1v) is 14.5. The molecule has 2 aromatic rings. The Kier molecular flexibility index (Phi) is 12.1. The first kappa shape index (κ1) is 28.6. The number of hydrogen-bond donors (Lipinski definition) is 0. The number of Topliss-reactive ketones (excluding diaryl/α,β-unsaturated/α-hetero) is 1. The summed E-state index contributed by atoms with van der Waals surface area (Å²) in [6.45, 7) is 7.22. The van der Waals surface area contributed by atoms with Crippen LogP contribution in [0.2, 0.25) is 0 Å². The maximum absolute atomic E-state index is 13.3. The third-order valence-corrected chi connectivity index (χ3v) is 7.91. The highest BCUT2D eigenvalue weighted by Crippen LogP contribution is 2.30. The molecule has 1 heterocycles. The van der Waals surface area contributed by atoms with Crippen LogP contribution in [0.3, 0.4) is 0 Å². The molecule has 0 unspecified atom stereocenters. The van der Waals surface area contributed by atoms with Crippen molar-refractivity contribution in [1.29, 1.82) is 0 Å². The van der Waals surface area contributed by atoms with Crippen LogP contribution < -0.4 is 0 Å². The maximum Gasteiger partial charge on any atom is 0.163 e. The predicted octanol–water partition coefficient (Wildman–Crippen LogP) is 8.91. The fourth-order valence-electron chi connectivity index (χ4n) is 5.39. The third kappa shape index (κ3) is 9.14. The zero-order valence-electron chi connectivity index (χ0n) is 22.9. The number of rotatable bonds is 11. The molecule has 200 valence electrons. The minimum absolute atomic E-state index is 0. The molecule has 1 aliphatic heterocycles. The Morgan fingerprint density at radius 3 is 2.44 bits per heavy atom. The Balaban J connectivity index is 0.000000520. The summed E-state index contributed by atoms with van der Waals surface area (Å²) in [5.41, 5.74) is 6.37. The van der Waals surface area contributed by atoms with Crippen LogP contribution in [0.4, 0.5) is 4.39 Å². The average molecular weight is 497 g/mol. The molecule has 3 atom stereocenters. The first-order valence-electron chi connectivity index (χ1n) is 14.5. The van der Waals surface area contributed by atoms with Crippen LogP contribution in [-0.2, 0) is 30.4 Å². The molecule has 2 aliphatic rings. The van der Waals surface area contributed by atoms with Crippen molar-refractivity contribution >= 4 is 5.78 Å². The molecule has 0 amide bonds. The van der Waals surface area contributed by atoms with Gasteiger partial charge in [-0.3, -0.25) is 4.79 Å². The number of halogens is 1. The smallest absolute Gasteiger partial charge is 0.163 e. The van der Waals surface area contributed by atoms with E-state index in [1.807, 2.05) is 19.1 Å². The summed E-state index contributed by atoms with van der Waals surface area (Å²) < 4.78 is 18.6. The van der Waals surface area contributed by atoms with Gasteiger partial charge in [-0.05, 0) is 98.8 Å². The van der Waals surface area contributed by atoms with Crippen molar-refractivity contribution in [3.05, 3.63) is 70.3 Å². The lowest BCUT2D eigenvalue weighted by Gasteiger charge is -2.25. The Labute approximate surface area is 220 Å². The fraction of sp³-hybridized carbons (Fsp3) is 0.606. The van der Waals surface area contributed by atoms with Crippen LogP contribution in [0.15, 0.2) is 42.5 Å². The predicted molar refractivity (Wildman–Crippen MR) is 151 cm³/mol. The molecule has 4 rings (SSSR count). The van der Waals surface area contributed by atoms with E-state index in [0.717, 1.165) is 57.1 Å². The van der Waals surface area contributed by atoms with E-state index >= 15 is 0 Å². The van der Waals surface area contributed by atoms with E-state index < -0.39 is 6.17 Å². The number of alkyl halides is 1. The average Bonchev–Trinajstić information content (AvgIpc) is 3.45. The molecule has 3 heteroatoms. The summed E-state index contributed by atoms with van der Waals surface area (Å²) in [6.07, 6.45) is 12.9. The number of ketones is 1. The zero-order chi connectivity index (χ0) is 25.8. The highest BCUT2D eigenvalue weighted by Gasteiger charge is 2.22. The molecule has 0 aromatic heterocycles. The molecular weight excluding hydrogens is 447 g/mol. The molecule has 2 aromatic carbocycles. The molecule has 1 aliphatic carbocycles. The lowest BCUT2D eigenvalue weighted by Crippen LogP contribution is -2.18. The minimum atomic E-state index is -0.636. The molecule has 0 bridgehead atoms. The van der Waals surface area contributed by atoms with Crippen LogP contribution in [0.1, 0.15) is 113 Å². The Morgan fingerprint density at radius 1 is 1.03 bits per heavy atom. The van der Waals surface area contributed by atoms with E-state index in [2.05, 4.69) is 44.2 Å². The van der Waals surface area contributed by atoms with Crippen LogP contribution in [-0.4, -0.2) is 24.7 Å². The van der Waals surface area contributed by atoms with Crippen LogP contribution in [0, 0.1) is 5.92 Å². The maximum atomic E-state index is 13.3. The Morgan fingerprint density at radius 2 is 1.81 bits per heavy atom. The number of benzene rings is 2. The van der Waals surface area contributed by atoms with Gasteiger partial charge in [-0.2, -0.15) is 0 Å². The number of carbonyl (C=O) groups is 1. The van der Waals surface area contributed by atoms with Gasteiger partial charge in [-0.1, -0.05) is 69.7 Å². The van der Waals surface area contributed by atoms with E-state index in [0.29, 0.717) is 31.3 Å². The highest BCUT2D eigenvalue weighted by molar-refractivity contribution is 5.96. The van der Waals surface area contributed by atoms with Crippen molar-refractivity contribution < 1.29 is 15.3 Å². The summed E-state index contributed by atoms with van der Waals surface area (Å²) in [4.78, 5) is 12.7. The number of aryl methyl sites for hydroxylation is 3. The van der Waals surface area contributed by atoms with Gasteiger partial charge in [0.15, 0.2) is 5.78 Å². The van der Waals surface area contributed by atoms with Crippen molar-refractivity contribution in [2.45, 2.75) is 117 Å². The summed E-state index contributed by atoms with van der Waals surface area (Å²) in [5.74, 6) is 0.721.